The Hall–Kier alpha value is -1.61. The van der Waals surface area contributed by atoms with Crippen molar-refractivity contribution in [1.29, 1.82) is 0 Å². The number of ketones is 1. The largest absolute Gasteiger partial charge is 0.457 e. The van der Waals surface area contributed by atoms with Gasteiger partial charge in [-0.05, 0) is 49.7 Å². The van der Waals surface area contributed by atoms with Crippen LogP contribution in [-0.4, -0.2) is 62.2 Å². The predicted molar refractivity (Wildman–Crippen MR) is 123 cm³/mol. The Morgan fingerprint density at radius 2 is 1.89 bits per heavy atom. The molecule has 8 heteroatoms. The molecule has 0 aliphatic heterocycles. The molecule has 7 rings (SSSR count). The van der Waals surface area contributed by atoms with Gasteiger partial charge in [-0.25, -0.2) is 4.39 Å². The first-order valence-corrected chi connectivity index (χ1v) is 12.8. The second-order valence-corrected chi connectivity index (χ2v) is 13.3. The van der Waals surface area contributed by atoms with Crippen LogP contribution in [0.1, 0.15) is 59.8 Å². The van der Waals surface area contributed by atoms with Gasteiger partial charge < -0.3 is 25.8 Å². The van der Waals surface area contributed by atoms with Gasteiger partial charge in [0.1, 0.15) is 22.9 Å². The highest BCUT2D eigenvalue weighted by atomic mass is 19.1. The lowest BCUT2D eigenvalue weighted by atomic mass is 9.40. The molecule has 0 saturated heterocycles. The molecule has 7 aliphatic carbocycles. The van der Waals surface area contributed by atoms with Gasteiger partial charge in [-0.2, -0.15) is 0 Å². The van der Waals surface area contributed by atoms with E-state index in [1.807, 2.05) is 20.8 Å². The predicted octanol–water partition coefficient (Wildman–Crippen LogP) is 1.73. The maximum Gasteiger partial charge on any atom is 0.324 e. The van der Waals surface area contributed by atoms with E-state index < -0.39 is 68.9 Å². The van der Waals surface area contributed by atoms with Gasteiger partial charge in [0, 0.05) is 35.0 Å². The van der Waals surface area contributed by atoms with E-state index in [2.05, 4.69) is 0 Å². The molecule has 35 heavy (non-hydrogen) atoms. The molecule has 5 saturated carbocycles. The van der Waals surface area contributed by atoms with E-state index in [0.29, 0.717) is 36.8 Å². The molecule has 7 aliphatic rings. The zero-order valence-electron chi connectivity index (χ0n) is 20.8. The Kier molecular flexibility index (Phi) is 4.37. The summed E-state index contributed by atoms with van der Waals surface area (Å²) in [7, 11) is 0. The summed E-state index contributed by atoms with van der Waals surface area (Å²) in [5, 5.41) is 34.0. The van der Waals surface area contributed by atoms with Crippen molar-refractivity contribution in [3.05, 3.63) is 23.3 Å². The summed E-state index contributed by atoms with van der Waals surface area (Å²) in [5.41, 5.74) is 0.855. The molecule has 2 bridgehead atoms. The summed E-state index contributed by atoms with van der Waals surface area (Å²) in [5.74, 6) is -3.05. The Bertz CT molecular complexity index is 1090. The molecular formula is C27H36FNO6. The number of aliphatic hydroxyl groups is 3. The topological polar surface area (TPSA) is 130 Å². The summed E-state index contributed by atoms with van der Waals surface area (Å²) in [4.78, 5) is 26.3. The van der Waals surface area contributed by atoms with Crippen molar-refractivity contribution in [2.24, 2.45) is 40.2 Å². The van der Waals surface area contributed by atoms with Gasteiger partial charge in [0.2, 0.25) is 0 Å². The number of fused-ring (bicyclic) bond motifs is 5. The molecule has 1 unspecified atom stereocenters. The third kappa shape index (κ3) is 2.55. The van der Waals surface area contributed by atoms with Crippen molar-refractivity contribution in [3.8, 4) is 0 Å². The van der Waals surface area contributed by atoms with Crippen molar-refractivity contribution in [1.82, 2.24) is 0 Å². The van der Waals surface area contributed by atoms with Crippen LogP contribution < -0.4 is 5.73 Å². The fourth-order valence-electron chi connectivity index (χ4n) is 9.16. The minimum absolute atomic E-state index is 0.0509. The maximum absolute atomic E-state index is 14.1. The van der Waals surface area contributed by atoms with Crippen LogP contribution in [0.25, 0.3) is 0 Å². The Morgan fingerprint density at radius 1 is 1.26 bits per heavy atom. The zero-order valence-corrected chi connectivity index (χ0v) is 20.8. The molecule has 0 aromatic carbocycles. The number of carbonyl (C=O) groups excluding carboxylic acids is 2. The number of halogens is 1. The number of nitrogens with two attached hydrogens (primary N) is 1. The van der Waals surface area contributed by atoms with Crippen LogP contribution in [0.15, 0.2) is 23.3 Å². The highest BCUT2D eigenvalue weighted by molar-refractivity contribution is 6.04. The first-order chi connectivity index (χ1) is 16.1. The lowest BCUT2D eigenvalue weighted by Gasteiger charge is -2.67. The van der Waals surface area contributed by atoms with E-state index in [9.17, 15) is 29.3 Å². The van der Waals surface area contributed by atoms with E-state index >= 15 is 0 Å². The summed E-state index contributed by atoms with van der Waals surface area (Å²) in [6, 6.07) is -0.886. The summed E-state index contributed by atoms with van der Waals surface area (Å²) >= 11 is 0. The van der Waals surface area contributed by atoms with Gasteiger partial charge in [-0.15, -0.1) is 0 Å². The number of rotatable bonds is 4. The van der Waals surface area contributed by atoms with Crippen LogP contribution in [0.3, 0.4) is 0 Å². The molecule has 192 valence electrons. The third-order valence-corrected chi connectivity index (χ3v) is 11.1. The van der Waals surface area contributed by atoms with Crippen LogP contribution in [-0.2, 0) is 14.3 Å². The Balaban J connectivity index is 1.37. The quantitative estimate of drug-likeness (QED) is 0.350. The number of hydrogen-bond acceptors (Lipinski definition) is 7. The molecule has 0 amide bonds. The van der Waals surface area contributed by atoms with E-state index in [1.165, 1.54) is 0 Å². The fraction of sp³-hybridized carbons (Fsp3) is 0.778. The van der Waals surface area contributed by atoms with E-state index in [-0.39, 0.29) is 18.9 Å². The van der Waals surface area contributed by atoms with Crippen molar-refractivity contribution in [3.63, 3.8) is 0 Å². The van der Waals surface area contributed by atoms with Crippen LogP contribution in [0, 0.1) is 34.5 Å². The van der Waals surface area contributed by atoms with Gasteiger partial charge in [0.15, 0.2) is 5.78 Å². The van der Waals surface area contributed by atoms with Gasteiger partial charge >= 0.3 is 5.97 Å². The molecule has 0 spiro atoms. The SMILES string of the molecule is CC1=C[C@H]2[C@@]3(O)[C@H](C)C[C@]4(OC(=O)C(N)C56CC(F)(C5)C6)[C@H]([C@@H]3C=C(CO)C[C@]2(O)C1=O)C4(C)C. The second-order valence-electron chi connectivity index (χ2n) is 13.3. The van der Waals surface area contributed by atoms with Gasteiger partial charge in [-0.3, -0.25) is 9.59 Å². The normalized spacial score (nSPS) is 53.5. The van der Waals surface area contributed by atoms with Crippen molar-refractivity contribution < 1.29 is 34.0 Å². The van der Waals surface area contributed by atoms with Gasteiger partial charge in [-0.1, -0.05) is 32.9 Å². The Morgan fingerprint density at radius 3 is 2.46 bits per heavy atom. The average Bonchev–Trinajstić information content (AvgIpc) is 3.14. The summed E-state index contributed by atoms with van der Waals surface area (Å²) in [6.45, 7) is 7.16. The van der Waals surface area contributed by atoms with Crippen LogP contribution in [0.4, 0.5) is 4.39 Å². The number of alkyl halides is 1. The second kappa shape index (κ2) is 6.44. The molecule has 5 fully saturated rings. The average molecular weight is 490 g/mol. The molecule has 0 aromatic heterocycles. The highest BCUT2D eigenvalue weighted by Crippen LogP contribution is 2.77. The van der Waals surface area contributed by atoms with E-state index in [0.717, 1.165) is 0 Å². The van der Waals surface area contributed by atoms with Gasteiger partial charge in [0.25, 0.3) is 0 Å². The number of ether oxygens (including phenoxy) is 1. The molecule has 5 N–H and O–H groups in total. The maximum atomic E-state index is 14.1. The van der Waals surface area contributed by atoms with Crippen molar-refractivity contribution >= 4 is 11.8 Å². The Labute approximate surface area is 204 Å². The first-order valence-electron chi connectivity index (χ1n) is 12.8. The number of aliphatic hydroxyl groups excluding tert-OH is 1. The zero-order chi connectivity index (χ0) is 25.6. The van der Waals surface area contributed by atoms with E-state index in [4.69, 9.17) is 10.5 Å². The minimum Gasteiger partial charge on any atom is -0.457 e. The molecule has 7 nitrogen and oxygen atoms in total. The number of carbonyl (C=O) groups is 2. The standard InChI is InChI=1S/C27H36FNO6/c1-13-5-17-25(33,20(13)31)8-15(9-30)6-16-18-22(3,4)26(18,7-14(2)27(16,17)34)35-21(32)19(29)23-10-24(28,11-23)12-23/h5-6,14,16-19,30,33-34H,7-12,29H2,1-4H3/t14-,16+,17-,18-,19?,23?,24?,25-,26+,27-/m1/s1. The lowest BCUT2D eigenvalue weighted by Crippen LogP contribution is -2.72. The van der Waals surface area contributed by atoms with Gasteiger partial charge in [0.05, 0.1) is 12.2 Å². The molecule has 8 atom stereocenters. The van der Waals surface area contributed by atoms with Crippen molar-refractivity contribution in [2.75, 3.05) is 6.61 Å². The number of hydrogen-bond donors (Lipinski definition) is 4. The van der Waals surface area contributed by atoms with Crippen LogP contribution >= 0.6 is 0 Å². The smallest absolute Gasteiger partial charge is 0.324 e. The lowest BCUT2D eigenvalue weighted by molar-refractivity contribution is -0.233. The fourth-order valence-corrected chi connectivity index (χ4v) is 9.16. The van der Waals surface area contributed by atoms with Crippen LogP contribution in [0.2, 0.25) is 0 Å². The third-order valence-electron chi connectivity index (χ3n) is 11.1. The van der Waals surface area contributed by atoms with E-state index in [1.54, 1.807) is 19.1 Å². The summed E-state index contributed by atoms with van der Waals surface area (Å²) < 4.78 is 20.3. The van der Waals surface area contributed by atoms with Crippen LogP contribution in [0.5, 0.6) is 0 Å². The molecule has 0 heterocycles. The highest BCUT2D eigenvalue weighted by Gasteiger charge is 2.83. The number of Topliss-reactive ketones (excluding diaryl/α,β-unsaturated/α-hetero) is 1. The van der Waals surface area contributed by atoms with Crippen molar-refractivity contribution in [2.45, 2.75) is 88.3 Å². The molecule has 0 radical (unpaired) electrons. The minimum atomic E-state index is -1.82. The molecular weight excluding hydrogens is 453 g/mol. The molecule has 0 aromatic rings. The monoisotopic (exact) mass is 489 g/mol. The number of esters is 1. The first kappa shape index (κ1) is 23.8. The summed E-state index contributed by atoms with van der Waals surface area (Å²) in [6.07, 6.45) is 4.70.